The summed E-state index contributed by atoms with van der Waals surface area (Å²) in [4.78, 5) is 8.37. The third-order valence-corrected chi connectivity index (χ3v) is 9.30. The van der Waals surface area contributed by atoms with Gasteiger partial charge < -0.3 is 19.8 Å². The van der Waals surface area contributed by atoms with Crippen molar-refractivity contribution in [2.75, 3.05) is 19.7 Å². The lowest BCUT2D eigenvalue weighted by Crippen LogP contribution is -2.76. The summed E-state index contributed by atoms with van der Waals surface area (Å²) in [5, 5.41) is 27.8. The molecule has 5 aliphatic rings. The molecule has 6 heteroatoms. The molecule has 7 rings (SSSR count). The molecule has 2 N–H and O–H groups in total. The number of hydrogen-bond donors (Lipinski definition) is 2. The number of benzene rings is 2. The Morgan fingerprint density at radius 2 is 1.97 bits per heavy atom. The number of phenols is 1. The molecule has 1 unspecified atom stereocenters. The second-order valence-corrected chi connectivity index (χ2v) is 11.3. The summed E-state index contributed by atoms with van der Waals surface area (Å²) in [7, 11) is 0. The summed E-state index contributed by atoms with van der Waals surface area (Å²) in [6, 6.07) is 14.3. The number of rotatable bonds is 7. The highest BCUT2D eigenvalue weighted by Crippen LogP contribution is 2.65. The predicted molar refractivity (Wildman–Crippen MR) is 133 cm³/mol. The standard InChI is InChI=1S/C29H34N2O4/c32-23-11-10-21-17-24-29(33)13-12-22(30-34-16-4-7-19-5-2-1-3-6-19)27-28(29,25(21)26(23)35-27)14-15-31(24)18-20-8-9-20/h1-3,5-6,10-11,20,24,27,32-33H,4,7-9,12-18H2/t24-,27+,28+,29?/m1/s1. The van der Waals surface area contributed by atoms with E-state index in [1.807, 2.05) is 12.1 Å². The van der Waals surface area contributed by atoms with E-state index in [9.17, 15) is 10.2 Å². The van der Waals surface area contributed by atoms with Crippen LogP contribution in [0.15, 0.2) is 47.6 Å². The Kier molecular flexibility index (Phi) is 4.94. The van der Waals surface area contributed by atoms with Crippen molar-refractivity contribution in [3.63, 3.8) is 0 Å². The average molecular weight is 475 g/mol. The van der Waals surface area contributed by atoms with Gasteiger partial charge >= 0.3 is 0 Å². The molecule has 6 nitrogen and oxygen atoms in total. The number of ether oxygens (including phenoxy) is 1. The zero-order chi connectivity index (χ0) is 23.6. The van der Waals surface area contributed by atoms with Gasteiger partial charge in [-0.1, -0.05) is 41.6 Å². The van der Waals surface area contributed by atoms with E-state index in [2.05, 4.69) is 34.3 Å². The first-order chi connectivity index (χ1) is 17.1. The summed E-state index contributed by atoms with van der Waals surface area (Å²) < 4.78 is 6.50. The summed E-state index contributed by atoms with van der Waals surface area (Å²) in [6.07, 6.45) is 7.01. The van der Waals surface area contributed by atoms with Gasteiger partial charge in [0.2, 0.25) is 0 Å². The number of phenolic OH excluding ortho intramolecular Hbond substituents is 1. The Morgan fingerprint density at radius 1 is 1.11 bits per heavy atom. The van der Waals surface area contributed by atoms with E-state index in [0.29, 0.717) is 25.2 Å². The first-order valence-corrected chi connectivity index (χ1v) is 13.3. The van der Waals surface area contributed by atoms with Crippen LogP contribution in [0.25, 0.3) is 0 Å². The molecule has 2 heterocycles. The van der Waals surface area contributed by atoms with E-state index in [1.54, 1.807) is 6.07 Å². The van der Waals surface area contributed by atoms with Crippen molar-refractivity contribution in [3.8, 4) is 11.5 Å². The number of aromatic hydroxyl groups is 1. The lowest BCUT2D eigenvalue weighted by molar-refractivity contribution is -0.167. The molecule has 0 amide bonds. The molecular formula is C29H34N2O4. The second-order valence-electron chi connectivity index (χ2n) is 11.3. The molecule has 35 heavy (non-hydrogen) atoms. The summed E-state index contributed by atoms with van der Waals surface area (Å²) in [5.41, 5.74) is 2.96. The first-order valence-electron chi connectivity index (χ1n) is 13.3. The van der Waals surface area contributed by atoms with Gasteiger partial charge in [-0.2, -0.15) is 0 Å². The van der Waals surface area contributed by atoms with Gasteiger partial charge in [-0.15, -0.1) is 0 Å². The van der Waals surface area contributed by atoms with Gasteiger partial charge in [-0.3, -0.25) is 4.90 Å². The van der Waals surface area contributed by atoms with Gasteiger partial charge in [0.15, 0.2) is 17.6 Å². The number of aryl methyl sites for hydroxylation is 1. The molecule has 3 fully saturated rings. The molecule has 3 aliphatic carbocycles. The van der Waals surface area contributed by atoms with Crippen LogP contribution in [0.5, 0.6) is 11.5 Å². The van der Waals surface area contributed by atoms with Gasteiger partial charge in [0.1, 0.15) is 6.61 Å². The maximum atomic E-state index is 12.5. The Labute approximate surface area is 206 Å². The molecule has 184 valence electrons. The van der Waals surface area contributed by atoms with E-state index in [1.165, 1.54) is 24.0 Å². The second kappa shape index (κ2) is 7.97. The lowest BCUT2D eigenvalue weighted by Gasteiger charge is -2.63. The van der Waals surface area contributed by atoms with E-state index in [0.717, 1.165) is 56.0 Å². The van der Waals surface area contributed by atoms with E-state index in [4.69, 9.17) is 9.57 Å². The molecule has 2 bridgehead atoms. The Bertz CT molecular complexity index is 1160. The molecule has 1 spiro atoms. The van der Waals surface area contributed by atoms with Crippen molar-refractivity contribution in [3.05, 3.63) is 59.2 Å². The molecule has 2 aromatic rings. The minimum absolute atomic E-state index is 0.0827. The third kappa shape index (κ3) is 3.19. The lowest BCUT2D eigenvalue weighted by atomic mass is 9.49. The quantitative estimate of drug-likeness (QED) is 0.469. The van der Waals surface area contributed by atoms with E-state index in [-0.39, 0.29) is 17.9 Å². The van der Waals surface area contributed by atoms with Crippen LogP contribution in [-0.2, 0) is 23.1 Å². The van der Waals surface area contributed by atoms with Gasteiger partial charge in [-0.05, 0) is 81.0 Å². The maximum absolute atomic E-state index is 12.5. The molecule has 4 atom stereocenters. The van der Waals surface area contributed by atoms with Gasteiger partial charge in [0.25, 0.3) is 0 Å². The Hall–Kier alpha value is -2.57. The van der Waals surface area contributed by atoms with Crippen LogP contribution in [0, 0.1) is 5.92 Å². The number of hydrogen-bond acceptors (Lipinski definition) is 6. The smallest absolute Gasteiger partial charge is 0.166 e. The summed E-state index contributed by atoms with van der Waals surface area (Å²) in [6.45, 7) is 2.58. The normalized spacial score (nSPS) is 33.9. The molecule has 0 radical (unpaired) electrons. The summed E-state index contributed by atoms with van der Waals surface area (Å²) >= 11 is 0. The SMILES string of the molecule is Oc1ccc2c3c1O[C@H]1C(=NOCCCc4ccccc4)CCC4(O)[C@@H](C2)N(CC2CC2)CC[C@]314. The van der Waals surface area contributed by atoms with Crippen LogP contribution in [0.2, 0.25) is 0 Å². The largest absolute Gasteiger partial charge is 0.504 e. The minimum Gasteiger partial charge on any atom is -0.504 e. The van der Waals surface area contributed by atoms with Crippen molar-refractivity contribution in [2.24, 2.45) is 11.1 Å². The maximum Gasteiger partial charge on any atom is 0.166 e. The number of likely N-dealkylation sites (tertiary alicyclic amines) is 1. The molecule has 2 saturated carbocycles. The fourth-order valence-corrected chi connectivity index (χ4v) is 7.49. The zero-order valence-corrected chi connectivity index (χ0v) is 20.2. The number of nitrogens with zero attached hydrogens (tertiary/aromatic N) is 2. The highest BCUT2D eigenvalue weighted by Gasteiger charge is 2.72. The molecule has 0 aromatic heterocycles. The fraction of sp³-hybridized carbons (Fsp3) is 0.552. The predicted octanol–water partition coefficient (Wildman–Crippen LogP) is 3.96. The molecule has 2 aliphatic heterocycles. The number of oxime groups is 1. The van der Waals surface area contributed by atoms with Crippen LogP contribution in [0.4, 0.5) is 0 Å². The van der Waals surface area contributed by atoms with Gasteiger partial charge in [0.05, 0.1) is 16.7 Å². The molecule has 1 saturated heterocycles. The number of aliphatic hydroxyl groups is 1. The van der Waals surface area contributed by atoms with Crippen molar-refractivity contribution in [1.29, 1.82) is 0 Å². The Morgan fingerprint density at radius 3 is 2.80 bits per heavy atom. The van der Waals surface area contributed by atoms with Crippen LogP contribution in [-0.4, -0.2) is 58.3 Å². The monoisotopic (exact) mass is 474 g/mol. The number of piperidine rings is 1. The first kappa shape index (κ1) is 21.7. The topological polar surface area (TPSA) is 74.5 Å². The minimum atomic E-state index is -0.886. The van der Waals surface area contributed by atoms with Gasteiger partial charge in [-0.25, -0.2) is 0 Å². The Balaban J connectivity index is 1.18. The van der Waals surface area contributed by atoms with Crippen molar-refractivity contribution < 1.29 is 19.8 Å². The van der Waals surface area contributed by atoms with E-state index < -0.39 is 11.0 Å². The zero-order valence-electron chi connectivity index (χ0n) is 20.2. The molecular weight excluding hydrogens is 440 g/mol. The van der Waals surface area contributed by atoms with Crippen LogP contribution in [0.1, 0.15) is 55.2 Å². The van der Waals surface area contributed by atoms with Gasteiger partial charge in [0, 0.05) is 18.2 Å². The highest BCUT2D eigenvalue weighted by molar-refractivity contribution is 5.94. The summed E-state index contributed by atoms with van der Waals surface area (Å²) in [5.74, 6) is 1.50. The van der Waals surface area contributed by atoms with Crippen LogP contribution >= 0.6 is 0 Å². The van der Waals surface area contributed by atoms with Crippen molar-refractivity contribution >= 4 is 5.71 Å². The van der Waals surface area contributed by atoms with Crippen molar-refractivity contribution in [1.82, 2.24) is 4.90 Å². The van der Waals surface area contributed by atoms with Crippen LogP contribution in [0.3, 0.4) is 0 Å². The highest BCUT2D eigenvalue weighted by atomic mass is 16.6. The molecule has 2 aromatic carbocycles. The average Bonchev–Trinajstić information content (AvgIpc) is 3.61. The van der Waals surface area contributed by atoms with Crippen molar-refractivity contribution in [2.45, 2.75) is 74.5 Å². The fourth-order valence-electron chi connectivity index (χ4n) is 7.49. The van der Waals surface area contributed by atoms with Crippen LogP contribution < -0.4 is 4.74 Å². The third-order valence-electron chi connectivity index (χ3n) is 9.30. The van der Waals surface area contributed by atoms with E-state index >= 15 is 0 Å².